The number of carbonyl (C=O) groups excluding carboxylic acids is 1. The van der Waals surface area contributed by atoms with Crippen molar-refractivity contribution in [2.24, 2.45) is 0 Å². The van der Waals surface area contributed by atoms with Crippen molar-refractivity contribution >= 4 is 5.78 Å². The van der Waals surface area contributed by atoms with E-state index in [1.54, 1.807) is 24.3 Å². The fourth-order valence-electron chi connectivity index (χ4n) is 4.45. The van der Waals surface area contributed by atoms with Crippen molar-refractivity contribution in [1.29, 1.82) is 0 Å². The number of unbranched alkanes of at least 4 members (excludes halogenated alkanes) is 9. The van der Waals surface area contributed by atoms with Crippen LogP contribution in [0.15, 0.2) is 66.7 Å². The maximum Gasteiger partial charge on any atom is 0.196 e. The highest BCUT2D eigenvalue weighted by Crippen LogP contribution is 2.35. The Hall–Kier alpha value is -3.27. The normalized spacial score (nSPS) is 10.9. The van der Waals surface area contributed by atoms with Crippen LogP contribution in [0.2, 0.25) is 0 Å². The van der Waals surface area contributed by atoms with Crippen LogP contribution in [0.4, 0.5) is 0 Å². The number of hydrogen-bond donors (Lipinski definition) is 2. The standard InChI is InChI=1S/C32H40O4/c1-2-3-4-5-6-7-8-9-10-14-23-36-30-22-21-28(31(34)26-17-19-27(33)20-18-26)32(35)29(30)24-25-15-12-11-13-16-25/h11-13,15-22,33,35H,2-10,14,23-24H2,1H3. The Morgan fingerprint density at radius 2 is 1.33 bits per heavy atom. The Bertz CT molecular complexity index is 1060. The summed E-state index contributed by atoms with van der Waals surface area (Å²) in [5, 5.41) is 20.7. The molecule has 0 heterocycles. The predicted molar refractivity (Wildman–Crippen MR) is 146 cm³/mol. The number of carbonyl (C=O) groups is 1. The number of ether oxygens (including phenoxy) is 1. The van der Waals surface area contributed by atoms with E-state index in [1.807, 2.05) is 30.3 Å². The van der Waals surface area contributed by atoms with Crippen LogP contribution in [0.5, 0.6) is 17.2 Å². The molecule has 0 atom stereocenters. The highest BCUT2D eigenvalue weighted by molar-refractivity contribution is 6.11. The molecule has 0 aliphatic rings. The zero-order valence-corrected chi connectivity index (χ0v) is 21.5. The van der Waals surface area contributed by atoms with Gasteiger partial charge in [0.05, 0.1) is 12.2 Å². The Kier molecular flexibility index (Phi) is 11.4. The van der Waals surface area contributed by atoms with Crippen molar-refractivity contribution in [3.05, 3.63) is 89.0 Å². The number of benzene rings is 3. The highest BCUT2D eigenvalue weighted by atomic mass is 16.5. The minimum absolute atomic E-state index is 0.0440. The number of hydrogen-bond acceptors (Lipinski definition) is 4. The average molecular weight is 489 g/mol. The summed E-state index contributed by atoms with van der Waals surface area (Å²) < 4.78 is 6.11. The SMILES string of the molecule is CCCCCCCCCCCCOc1ccc(C(=O)c2ccc(O)cc2)c(O)c1Cc1ccccc1. The molecule has 0 saturated carbocycles. The van der Waals surface area contributed by atoms with Gasteiger partial charge >= 0.3 is 0 Å². The van der Waals surface area contributed by atoms with E-state index in [0.29, 0.717) is 29.9 Å². The smallest absolute Gasteiger partial charge is 0.196 e. The van der Waals surface area contributed by atoms with E-state index < -0.39 is 0 Å². The quantitative estimate of drug-likeness (QED) is 0.157. The van der Waals surface area contributed by atoms with Gasteiger partial charge in [-0.15, -0.1) is 0 Å². The summed E-state index contributed by atoms with van der Waals surface area (Å²) in [6.45, 7) is 2.84. The van der Waals surface area contributed by atoms with Crippen LogP contribution in [-0.2, 0) is 6.42 Å². The van der Waals surface area contributed by atoms with Gasteiger partial charge in [-0.05, 0) is 48.4 Å². The predicted octanol–water partition coefficient (Wildman–Crippen LogP) is 8.22. The van der Waals surface area contributed by atoms with Crippen molar-refractivity contribution < 1.29 is 19.7 Å². The van der Waals surface area contributed by atoms with E-state index in [-0.39, 0.29) is 22.8 Å². The molecule has 4 heteroatoms. The van der Waals surface area contributed by atoms with Crippen LogP contribution >= 0.6 is 0 Å². The van der Waals surface area contributed by atoms with Crippen molar-refractivity contribution in [1.82, 2.24) is 0 Å². The molecule has 3 aromatic carbocycles. The maximum absolute atomic E-state index is 13.1. The summed E-state index contributed by atoms with van der Waals surface area (Å²) in [6, 6.07) is 19.4. The van der Waals surface area contributed by atoms with Crippen molar-refractivity contribution in [3.63, 3.8) is 0 Å². The van der Waals surface area contributed by atoms with Gasteiger partial charge in [0, 0.05) is 17.5 Å². The highest BCUT2D eigenvalue weighted by Gasteiger charge is 2.20. The van der Waals surface area contributed by atoms with Crippen LogP contribution in [0.3, 0.4) is 0 Å². The molecule has 3 aromatic rings. The van der Waals surface area contributed by atoms with Gasteiger partial charge < -0.3 is 14.9 Å². The molecule has 0 unspecified atom stereocenters. The van der Waals surface area contributed by atoms with Gasteiger partial charge in [-0.1, -0.05) is 95.0 Å². The van der Waals surface area contributed by atoms with E-state index in [4.69, 9.17) is 4.74 Å². The van der Waals surface area contributed by atoms with Crippen LogP contribution in [0, 0.1) is 0 Å². The summed E-state index contributed by atoms with van der Waals surface area (Å²) in [5.74, 6) is 0.381. The zero-order valence-electron chi connectivity index (χ0n) is 21.5. The third kappa shape index (κ3) is 8.44. The first-order valence-electron chi connectivity index (χ1n) is 13.5. The Morgan fingerprint density at radius 1 is 0.722 bits per heavy atom. The molecule has 0 radical (unpaired) electrons. The summed E-state index contributed by atoms with van der Waals surface area (Å²) in [6.07, 6.45) is 13.1. The first-order valence-corrected chi connectivity index (χ1v) is 13.5. The van der Waals surface area contributed by atoms with Gasteiger partial charge in [0.25, 0.3) is 0 Å². The monoisotopic (exact) mass is 488 g/mol. The number of phenols is 2. The summed E-state index contributed by atoms with van der Waals surface area (Å²) in [7, 11) is 0. The molecule has 4 nitrogen and oxygen atoms in total. The van der Waals surface area contributed by atoms with Gasteiger partial charge in [0.1, 0.15) is 17.2 Å². The molecule has 2 N–H and O–H groups in total. The van der Waals surface area contributed by atoms with Crippen molar-refractivity contribution in [3.8, 4) is 17.2 Å². The number of aromatic hydroxyl groups is 2. The Morgan fingerprint density at radius 3 is 1.97 bits per heavy atom. The topological polar surface area (TPSA) is 66.8 Å². The van der Waals surface area contributed by atoms with Crippen LogP contribution in [-0.4, -0.2) is 22.6 Å². The molecule has 0 aliphatic heterocycles. The van der Waals surface area contributed by atoms with E-state index in [2.05, 4.69) is 6.92 Å². The van der Waals surface area contributed by atoms with E-state index >= 15 is 0 Å². The van der Waals surface area contributed by atoms with Gasteiger partial charge in [-0.3, -0.25) is 4.79 Å². The largest absolute Gasteiger partial charge is 0.508 e. The molecular formula is C32H40O4. The number of ketones is 1. The molecule has 0 fully saturated rings. The lowest BCUT2D eigenvalue weighted by Gasteiger charge is -2.16. The number of phenolic OH excluding ortho intramolecular Hbond substituents is 2. The lowest BCUT2D eigenvalue weighted by atomic mass is 9.96. The average Bonchev–Trinajstić information content (AvgIpc) is 2.90. The van der Waals surface area contributed by atoms with E-state index in [1.165, 1.54) is 63.5 Å². The molecule has 0 saturated heterocycles. The summed E-state index contributed by atoms with van der Waals surface area (Å²) in [4.78, 5) is 13.1. The molecule has 0 aliphatic carbocycles. The summed E-state index contributed by atoms with van der Waals surface area (Å²) in [5.41, 5.74) is 2.30. The molecular weight excluding hydrogens is 448 g/mol. The molecule has 0 bridgehead atoms. The van der Waals surface area contributed by atoms with E-state index in [9.17, 15) is 15.0 Å². The van der Waals surface area contributed by atoms with E-state index in [0.717, 1.165) is 18.4 Å². The molecule has 3 rings (SSSR count). The Balaban J connectivity index is 1.61. The van der Waals surface area contributed by atoms with Crippen LogP contribution < -0.4 is 4.74 Å². The van der Waals surface area contributed by atoms with Crippen LogP contribution in [0.25, 0.3) is 0 Å². The lowest BCUT2D eigenvalue weighted by molar-refractivity contribution is 0.103. The fraction of sp³-hybridized carbons (Fsp3) is 0.406. The second-order valence-corrected chi connectivity index (χ2v) is 9.51. The first kappa shape index (κ1) is 27.3. The summed E-state index contributed by atoms with van der Waals surface area (Å²) >= 11 is 0. The first-order chi connectivity index (χ1) is 17.6. The second kappa shape index (κ2) is 15.0. The third-order valence-corrected chi connectivity index (χ3v) is 6.59. The van der Waals surface area contributed by atoms with Crippen molar-refractivity contribution in [2.75, 3.05) is 6.61 Å². The van der Waals surface area contributed by atoms with Gasteiger partial charge in [-0.25, -0.2) is 0 Å². The number of rotatable bonds is 16. The molecule has 0 amide bonds. The molecule has 36 heavy (non-hydrogen) atoms. The van der Waals surface area contributed by atoms with Crippen molar-refractivity contribution in [2.45, 2.75) is 77.6 Å². The Labute approximate surface area is 216 Å². The maximum atomic E-state index is 13.1. The third-order valence-electron chi connectivity index (χ3n) is 6.59. The fourth-order valence-corrected chi connectivity index (χ4v) is 4.45. The molecule has 192 valence electrons. The lowest BCUT2D eigenvalue weighted by Crippen LogP contribution is -2.06. The minimum atomic E-state index is -0.289. The van der Waals surface area contributed by atoms with Gasteiger partial charge in [0.2, 0.25) is 0 Å². The molecule has 0 spiro atoms. The van der Waals surface area contributed by atoms with Gasteiger partial charge in [0.15, 0.2) is 5.78 Å². The second-order valence-electron chi connectivity index (χ2n) is 9.51. The zero-order chi connectivity index (χ0) is 25.6. The minimum Gasteiger partial charge on any atom is -0.508 e. The molecule has 0 aromatic heterocycles. The van der Waals surface area contributed by atoms with Crippen LogP contribution in [0.1, 0.15) is 98.2 Å². The van der Waals surface area contributed by atoms with Gasteiger partial charge in [-0.2, -0.15) is 0 Å².